The second-order valence-corrected chi connectivity index (χ2v) is 7.19. The van der Waals surface area contributed by atoms with Crippen molar-refractivity contribution < 1.29 is 4.79 Å². The van der Waals surface area contributed by atoms with Gasteiger partial charge in [-0.15, -0.1) is 11.3 Å². The molecule has 0 aliphatic carbocycles. The number of hydrogen-bond acceptors (Lipinski definition) is 6. The Balaban J connectivity index is 1.99. The lowest BCUT2D eigenvalue weighted by atomic mass is 10.2. The highest BCUT2D eigenvalue weighted by Crippen LogP contribution is 2.28. The molecular formula is C16H16ClN5O2S. The van der Waals surface area contributed by atoms with Crippen LogP contribution >= 0.6 is 22.9 Å². The molecule has 3 aromatic heterocycles. The number of amides is 1. The first kappa shape index (κ1) is 17.5. The molecule has 0 saturated carbocycles. The minimum atomic E-state index is -0.309. The van der Waals surface area contributed by atoms with Gasteiger partial charge in [0.25, 0.3) is 11.5 Å². The SMILES string of the molecule is Cc1c(C(=O)Nc2ccnc(Cl)c2)sc2nc(CN(C)C)[nH]c(=O)c12. The minimum Gasteiger partial charge on any atom is -0.321 e. The molecule has 0 aliphatic rings. The number of anilines is 1. The summed E-state index contributed by atoms with van der Waals surface area (Å²) in [6.07, 6.45) is 1.51. The van der Waals surface area contributed by atoms with Crippen molar-refractivity contribution in [3.63, 3.8) is 0 Å². The number of pyridine rings is 1. The standard InChI is InChI=1S/C16H16ClN5O2S/c1-8-12-14(23)20-11(7-22(2)3)21-16(12)25-13(8)15(24)19-9-4-5-18-10(17)6-9/h4-6H,7H2,1-3H3,(H,18,19,24)(H,20,21,23). The van der Waals surface area contributed by atoms with Crippen molar-refractivity contribution in [1.82, 2.24) is 19.9 Å². The zero-order valence-corrected chi connectivity index (χ0v) is 15.5. The Hall–Kier alpha value is -2.29. The fourth-order valence-electron chi connectivity index (χ4n) is 2.45. The summed E-state index contributed by atoms with van der Waals surface area (Å²) < 4.78 is 0. The maximum atomic E-state index is 12.6. The molecular weight excluding hydrogens is 362 g/mol. The van der Waals surface area contributed by atoms with Crippen LogP contribution in [0.1, 0.15) is 21.1 Å². The second kappa shape index (κ2) is 6.91. The molecule has 25 heavy (non-hydrogen) atoms. The molecule has 3 rings (SSSR count). The van der Waals surface area contributed by atoms with E-state index in [1.807, 2.05) is 19.0 Å². The van der Waals surface area contributed by atoms with Crippen LogP contribution in [0.25, 0.3) is 10.2 Å². The van der Waals surface area contributed by atoms with Gasteiger partial charge >= 0.3 is 0 Å². The number of nitrogens with one attached hydrogen (secondary N) is 2. The first-order valence-corrected chi connectivity index (χ1v) is 8.64. The molecule has 0 atom stereocenters. The third-order valence-electron chi connectivity index (χ3n) is 3.51. The van der Waals surface area contributed by atoms with Gasteiger partial charge in [0, 0.05) is 11.9 Å². The molecule has 130 valence electrons. The molecule has 9 heteroatoms. The van der Waals surface area contributed by atoms with Gasteiger partial charge in [0.05, 0.1) is 16.8 Å². The van der Waals surface area contributed by atoms with Crippen molar-refractivity contribution in [2.24, 2.45) is 0 Å². The highest BCUT2D eigenvalue weighted by atomic mass is 35.5. The quantitative estimate of drug-likeness (QED) is 0.682. The smallest absolute Gasteiger partial charge is 0.266 e. The van der Waals surface area contributed by atoms with Gasteiger partial charge in [-0.1, -0.05) is 11.6 Å². The molecule has 0 saturated heterocycles. The monoisotopic (exact) mass is 377 g/mol. The zero-order valence-electron chi connectivity index (χ0n) is 13.9. The highest BCUT2D eigenvalue weighted by molar-refractivity contribution is 7.20. The summed E-state index contributed by atoms with van der Waals surface area (Å²) >= 11 is 7.03. The average Bonchev–Trinajstić information content (AvgIpc) is 2.84. The van der Waals surface area contributed by atoms with Gasteiger partial charge in [-0.3, -0.25) is 9.59 Å². The highest BCUT2D eigenvalue weighted by Gasteiger charge is 2.19. The Morgan fingerprint density at radius 1 is 1.44 bits per heavy atom. The van der Waals surface area contributed by atoms with Crippen molar-refractivity contribution in [2.45, 2.75) is 13.5 Å². The number of H-pyrrole nitrogens is 1. The van der Waals surface area contributed by atoms with Crippen LogP contribution < -0.4 is 10.9 Å². The number of hydrogen-bond donors (Lipinski definition) is 2. The van der Waals surface area contributed by atoms with Gasteiger partial charge < -0.3 is 15.2 Å². The van der Waals surface area contributed by atoms with E-state index in [9.17, 15) is 9.59 Å². The Labute approximate surface area is 152 Å². The lowest BCUT2D eigenvalue weighted by Gasteiger charge is -2.07. The number of thiophene rings is 1. The first-order chi connectivity index (χ1) is 11.8. The number of carbonyl (C=O) groups is 1. The fourth-order valence-corrected chi connectivity index (χ4v) is 3.72. The van der Waals surface area contributed by atoms with Gasteiger partial charge in [0.15, 0.2) is 0 Å². The van der Waals surface area contributed by atoms with E-state index in [1.165, 1.54) is 17.5 Å². The van der Waals surface area contributed by atoms with Crippen LogP contribution in [0, 0.1) is 6.92 Å². The van der Waals surface area contributed by atoms with Crippen LogP contribution in [0.2, 0.25) is 5.15 Å². The van der Waals surface area contributed by atoms with Gasteiger partial charge in [-0.2, -0.15) is 0 Å². The van der Waals surface area contributed by atoms with Crippen LogP contribution in [0.15, 0.2) is 23.1 Å². The average molecular weight is 378 g/mol. The fraction of sp³-hybridized carbons (Fsp3) is 0.250. The molecule has 7 nitrogen and oxygen atoms in total. The van der Waals surface area contributed by atoms with E-state index in [0.717, 1.165) is 0 Å². The predicted molar refractivity (Wildman–Crippen MR) is 99.6 cm³/mol. The van der Waals surface area contributed by atoms with E-state index in [-0.39, 0.29) is 16.6 Å². The molecule has 3 aromatic rings. The van der Waals surface area contributed by atoms with Crippen molar-refractivity contribution in [3.8, 4) is 0 Å². The Kier molecular flexibility index (Phi) is 4.85. The summed E-state index contributed by atoms with van der Waals surface area (Å²) in [5.41, 5.74) is 0.918. The van der Waals surface area contributed by atoms with Gasteiger partial charge in [0.1, 0.15) is 15.8 Å². The van der Waals surface area contributed by atoms with E-state index in [0.29, 0.717) is 38.7 Å². The Morgan fingerprint density at radius 2 is 2.20 bits per heavy atom. The number of carbonyl (C=O) groups excluding carboxylic acids is 1. The van der Waals surface area contributed by atoms with Gasteiger partial charge in [-0.05, 0) is 38.7 Å². The van der Waals surface area contributed by atoms with E-state index in [4.69, 9.17) is 11.6 Å². The topological polar surface area (TPSA) is 91.0 Å². The van der Waals surface area contributed by atoms with Crippen molar-refractivity contribution in [3.05, 3.63) is 50.1 Å². The van der Waals surface area contributed by atoms with E-state index >= 15 is 0 Å². The van der Waals surface area contributed by atoms with Crippen molar-refractivity contribution in [2.75, 3.05) is 19.4 Å². The van der Waals surface area contributed by atoms with Gasteiger partial charge in [0.2, 0.25) is 0 Å². The summed E-state index contributed by atoms with van der Waals surface area (Å²) in [5.74, 6) is 0.257. The molecule has 2 N–H and O–H groups in total. The van der Waals surface area contributed by atoms with E-state index in [2.05, 4.69) is 20.3 Å². The first-order valence-electron chi connectivity index (χ1n) is 7.45. The predicted octanol–water partition coefficient (Wildman–Crippen LogP) is 2.66. The molecule has 3 heterocycles. The van der Waals surface area contributed by atoms with Crippen LogP contribution in [0.4, 0.5) is 5.69 Å². The second-order valence-electron chi connectivity index (χ2n) is 5.81. The number of aryl methyl sites for hydroxylation is 1. The number of aromatic amines is 1. The summed E-state index contributed by atoms with van der Waals surface area (Å²) in [5, 5.41) is 3.50. The molecule has 0 unspecified atom stereocenters. The summed E-state index contributed by atoms with van der Waals surface area (Å²) in [6, 6.07) is 3.20. The third kappa shape index (κ3) is 3.71. The molecule has 0 radical (unpaired) electrons. The molecule has 0 spiro atoms. The number of nitrogens with zero attached hydrogens (tertiary/aromatic N) is 3. The number of aromatic nitrogens is 3. The molecule has 0 aromatic carbocycles. The maximum absolute atomic E-state index is 12.6. The molecule has 0 fully saturated rings. The number of halogens is 1. The van der Waals surface area contributed by atoms with Crippen LogP contribution in [-0.4, -0.2) is 39.9 Å². The summed E-state index contributed by atoms with van der Waals surface area (Å²) in [6.45, 7) is 2.26. The molecule has 0 aliphatic heterocycles. The Bertz CT molecular complexity index is 1010. The number of rotatable bonds is 4. The van der Waals surface area contributed by atoms with Crippen LogP contribution in [0.3, 0.4) is 0 Å². The van der Waals surface area contributed by atoms with Crippen LogP contribution in [-0.2, 0) is 6.54 Å². The third-order valence-corrected chi connectivity index (χ3v) is 4.90. The number of fused-ring (bicyclic) bond motifs is 1. The maximum Gasteiger partial charge on any atom is 0.266 e. The normalized spacial score (nSPS) is 11.2. The molecule has 0 bridgehead atoms. The summed E-state index contributed by atoms with van der Waals surface area (Å²) in [7, 11) is 3.78. The largest absolute Gasteiger partial charge is 0.321 e. The van der Waals surface area contributed by atoms with E-state index < -0.39 is 0 Å². The zero-order chi connectivity index (χ0) is 18.1. The minimum absolute atomic E-state index is 0.235. The molecule has 1 amide bonds. The summed E-state index contributed by atoms with van der Waals surface area (Å²) in [4.78, 5) is 39.0. The van der Waals surface area contributed by atoms with Crippen LogP contribution in [0.5, 0.6) is 0 Å². The van der Waals surface area contributed by atoms with Crippen molar-refractivity contribution >= 4 is 44.7 Å². The van der Waals surface area contributed by atoms with Crippen molar-refractivity contribution in [1.29, 1.82) is 0 Å². The van der Waals surface area contributed by atoms with E-state index in [1.54, 1.807) is 19.1 Å². The lowest BCUT2D eigenvalue weighted by Crippen LogP contribution is -2.18. The lowest BCUT2D eigenvalue weighted by molar-refractivity contribution is 0.103. The van der Waals surface area contributed by atoms with Gasteiger partial charge in [-0.25, -0.2) is 9.97 Å². The Morgan fingerprint density at radius 3 is 2.88 bits per heavy atom.